The predicted molar refractivity (Wildman–Crippen MR) is 62.7 cm³/mol. The molecule has 0 aromatic heterocycles. The predicted octanol–water partition coefficient (Wildman–Crippen LogP) is 2.21. The molecule has 0 aromatic carbocycles. The number of esters is 1. The zero-order chi connectivity index (χ0) is 11.8. The Hall–Kier alpha value is -0.570. The molecule has 0 saturated carbocycles. The molecule has 1 N–H and O–H groups in total. The summed E-state index contributed by atoms with van der Waals surface area (Å²) < 4.78 is 5.15. The summed E-state index contributed by atoms with van der Waals surface area (Å²) in [4.78, 5) is 11.5. The fourth-order valence-corrected chi connectivity index (χ4v) is 0.997. The van der Waals surface area contributed by atoms with Gasteiger partial charge in [0, 0.05) is 12.6 Å². The number of carbonyl (C=O) groups excluding carboxylic acids is 1. The number of hydrogen-bond donors (Lipinski definition) is 1. The summed E-state index contributed by atoms with van der Waals surface area (Å²) in [7, 11) is 0. The average molecular weight is 215 g/mol. The molecule has 0 aliphatic carbocycles. The molecular weight excluding hydrogens is 190 g/mol. The second-order valence-corrected chi connectivity index (χ2v) is 4.64. The first kappa shape index (κ1) is 14.4. The molecule has 0 amide bonds. The number of rotatable bonds is 7. The van der Waals surface area contributed by atoms with E-state index in [1.807, 2.05) is 20.8 Å². The summed E-state index contributed by atoms with van der Waals surface area (Å²) in [6.07, 6.45) is 1.08. The van der Waals surface area contributed by atoms with Gasteiger partial charge in [-0.3, -0.25) is 4.79 Å². The van der Waals surface area contributed by atoms with Crippen LogP contribution < -0.4 is 5.32 Å². The lowest BCUT2D eigenvalue weighted by Crippen LogP contribution is -2.33. The lowest BCUT2D eigenvalue weighted by atomic mass is 10.1. The third-order valence-corrected chi connectivity index (χ3v) is 2.35. The molecular formula is C12H25NO2. The first-order chi connectivity index (χ1) is 6.97. The summed E-state index contributed by atoms with van der Waals surface area (Å²) in [6, 6.07) is 0.463. The Balaban J connectivity index is 3.69. The van der Waals surface area contributed by atoms with Gasteiger partial charge in [0.05, 0.1) is 12.5 Å². The van der Waals surface area contributed by atoms with Gasteiger partial charge < -0.3 is 10.1 Å². The molecule has 3 heteroatoms. The van der Waals surface area contributed by atoms with E-state index in [2.05, 4.69) is 19.2 Å². The lowest BCUT2D eigenvalue weighted by Gasteiger charge is -2.16. The Morgan fingerprint density at radius 3 is 2.33 bits per heavy atom. The summed E-state index contributed by atoms with van der Waals surface area (Å²) in [5, 5.41) is 3.30. The molecule has 0 heterocycles. The molecule has 0 aliphatic rings. The van der Waals surface area contributed by atoms with Crippen molar-refractivity contribution in [1.29, 1.82) is 0 Å². The van der Waals surface area contributed by atoms with Gasteiger partial charge >= 0.3 is 5.97 Å². The third kappa shape index (κ3) is 7.37. The van der Waals surface area contributed by atoms with Crippen molar-refractivity contribution in [3.8, 4) is 0 Å². The molecule has 0 saturated heterocycles. The minimum atomic E-state index is -0.0977. The molecule has 0 aromatic rings. The zero-order valence-electron chi connectivity index (χ0n) is 10.7. The van der Waals surface area contributed by atoms with Crippen molar-refractivity contribution in [3.63, 3.8) is 0 Å². The van der Waals surface area contributed by atoms with Crippen LogP contribution in [0.25, 0.3) is 0 Å². The topological polar surface area (TPSA) is 38.3 Å². The first-order valence-electron chi connectivity index (χ1n) is 5.87. The van der Waals surface area contributed by atoms with Gasteiger partial charge in [0.2, 0.25) is 0 Å². The van der Waals surface area contributed by atoms with Crippen molar-refractivity contribution in [2.75, 3.05) is 13.2 Å². The van der Waals surface area contributed by atoms with Crippen molar-refractivity contribution < 1.29 is 9.53 Å². The van der Waals surface area contributed by atoms with Crippen LogP contribution in [-0.4, -0.2) is 25.2 Å². The van der Waals surface area contributed by atoms with E-state index in [1.54, 1.807) is 0 Å². The average Bonchev–Trinajstić information content (AvgIpc) is 2.21. The van der Waals surface area contributed by atoms with Crippen LogP contribution in [0, 0.1) is 11.8 Å². The minimum Gasteiger partial charge on any atom is -0.465 e. The van der Waals surface area contributed by atoms with Gasteiger partial charge in [0.15, 0.2) is 0 Å². The van der Waals surface area contributed by atoms with Crippen LogP contribution in [0.5, 0.6) is 0 Å². The van der Waals surface area contributed by atoms with Gasteiger partial charge in [0.25, 0.3) is 0 Å². The molecule has 3 nitrogen and oxygen atoms in total. The number of carbonyl (C=O) groups is 1. The van der Waals surface area contributed by atoms with Crippen LogP contribution in [0.15, 0.2) is 0 Å². The highest BCUT2D eigenvalue weighted by Crippen LogP contribution is 2.01. The SMILES string of the molecule is CCC(C)NCC(C)C(=O)OCC(C)C. The third-order valence-electron chi connectivity index (χ3n) is 2.35. The van der Waals surface area contributed by atoms with Crippen LogP contribution in [0.4, 0.5) is 0 Å². The first-order valence-corrected chi connectivity index (χ1v) is 5.87. The fourth-order valence-electron chi connectivity index (χ4n) is 0.997. The van der Waals surface area contributed by atoms with Crippen LogP contribution in [0.1, 0.15) is 41.0 Å². The molecule has 0 aliphatic heterocycles. The highest BCUT2D eigenvalue weighted by molar-refractivity contribution is 5.72. The maximum Gasteiger partial charge on any atom is 0.309 e. The molecule has 0 bridgehead atoms. The van der Waals surface area contributed by atoms with Crippen LogP contribution >= 0.6 is 0 Å². The standard InChI is InChI=1S/C12H25NO2/c1-6-11(5)13-7-10(4)12(14)15-8-9(2)3/h9-11,13H,6-8H2,1-5H3. The van der Waals surface area contributed by atoms with Crippen LogP contribution in [0.2, 0.25) is 0 Å². The van der Waals surface area contributed by atoms with Gasteiger partial charge in [-0.1, -0.05) is 27.7 Å². The Morgan fingerprint density at radius 2 is 1.87 bits per heavy atom. The number of hydrogen-bond acceptors (Lipinski definition) is 3. The summed E-state index contributed by atoms with van der Waals surface area (Å²) in [6.45, 7) is 11.4. The van der Waals surface area contributed by atoms with Crippen LogP contribution in [0.3, 0.4) is 0 Å². The smallest absolute Gasteiger partial charge is 0.309 e. The van der Waals surface area contributed by atoms with Gasteiger partial charge in [-0.25, -0.2) is 0 Å². The monoisotopic (exact) mass is 215 g/mol. The van der Waals surface area contributed by atoms with Crippen molar-refractivity contribution >= 4 is 5.97 Å². The van der Waals surface area contributed by atoms with Crippen LogP contribution in [-0.2, 0) is 9.53 Å². The molecule has 2 unspecified atom stereocenters. The molecule has 2 atom stereocenters. The van der Waals surface area contributed by atoms with E-state index >= 15 is 0 Å². The maximum absolute atomic E-state index is 11.5. The van der Waals surface area contributed by atoms with Gasteiger partial charge in [-0.2, -0.15) is 0 Å². The van der Waals surface area contributed by atoms with E-state index < -0.39 is 0 Å². The Bertz CT molecular complexity index is 180. The van der Waals surface area contributed by atoms with Crippen molar-refractivity contribution in [2.45, 2.75) is 47.1 Å². The largest absolute Gasteiger partial charge is 0.465 e. The number of ether oxygens (including phenoxy) is 1. The second kappa shape index (κ2) is 7.69. The molecule has 0 fully saturated rings. The lowest BCUT2D eigenvalue weighted by molar-refractivity contribution is -0.148. The van der Waals surface area contributed by atoms with Gasteiger partial charge in [-0.05, 0) is 19.3 Å². The highest BCUT2D eigenvalue weighted by atomic mass is 16.5. The minimum absolute atomic E-state index is 0.0576. The molecule has 15 heavy (non-hydrogen) atoms. The van der Waals surface area contributed by atoms with Gasteiger partial charge in [-0.15, -0.1) is 0 Å². The van der Waals surface area contributed by atoms with E-state index in [-0.39, 0.29) is 11.9 Å². The number of nitrogens with one attached hydrogen (secondary N) is 1. The van der Waals surface area contributed by atoms with E-state index in [0.717, 1.165) is 6.42 Å². The normalized spacial score (nSPS) is 15.1. The van der Waals surface area contributed by atoms with E-state index in [4.69, 9.17) is 4.74 Å². The van der Waals surface area contributed by atoms with Gasteiger partial charge in [0.1, 0.15) is 0 Å². The molecule has 90 valence electrons. The quantitative estimate of drug-likeness (QED) is 0.662. The second-order valence-electron chi connectivity index (χ2n) is 4.64. The molecule has 0 radical (unpaired) electrons. The molecule has 0 rings (SSSR count). The molecule has 0 spiro atoms. The summed E-state index contributed by atoms with van der Waals surface area (Å²) >= 11 is 0. The fraction of sp³-hybridized carbons (Fsp3) is 0.917. The summed E-state index contributed by atoms with van der Waals surface area (Å²) in [5.41, 5.74) is 0. The van der Waals surface area contributed by atoms with Crippen molar-refractivity contribution in [2.24, 2.45) is 11.8 Å². The zero-order valence-corrected chi connectivity index (χ0v) is 10.7. The van der Waals surface area contributed by atoms with E-state index in [0.29, 0.717) is 25.1 Å². The Labute approximate surface area is 93.6 Å². The Kier molecular flexibility index (Phi) is 7.39. The Morgan fingerprint density at radius 1 is 1.27 bits per heavy atom. The van der Waals surface area contributed by atoms with E-state index in [9.17, 15) is 4.79 Å². The van der Waals surface area contributed by atoms with Crippen molar-refractivity contribution in [1.82, 2.24) is 5.32 Å². The summed E-state index contributed by atoms with van der Waals surface area (Å²) in [5.74, 6) is 0.251. The highest BCUT2D eigenvalue weighted by Gasteiger charge is 2.15. The van der Waals surface area contributed by atoms with E-state index in [1.165, 1.54) is 0 Å². The maximum atomic E-state index is 11.5. The van der Waals surface area contributed by atoms with Crippen molar-refractivity contribution in [3.05, 3.63) is 0 Å².